The Kier molecular flexibility index (Phi) is 1.77. The van der Waals surface area contributed by atoms with Gasteiger partial charge in [-0.25, -0.2) is 0 Å². The second-order valence-electron chi connectivity index (χ2n) is 5.52. The van der Waals surface area contributed by atoms with Crippen LogP contribution in [0.25, 0.3) is 0 Å². The number of rotatable bonds is 1. The number of esters is 1. The van der Waals surface area contributed by atoms with Crippen LogP contribution in [0.2, 0.25) is 0 Å². The summed E-state index contributed by atoms with van der Waals surface area (Å²) < 4.78 is 4.92. The Morgan fingerprint density at radius 3 is 2.40 bits per heavy atom. The number of carbonyl (C=O) groups excluding carboxylic acids is 2. The predicted molar refractivity (Wildman–Crippen MR) is 53.0 cm³/mol. The highest BCUT2D eigenvalue weighted by molar-refractivity contribution is 5.89. The smallest absolute Gasteiger partial charge is 0.311 e. The summed E-state index contributed by atoms with van der Waals surface area (Å²) in [5, 5.41) is 0. The lowest BCUT2D eigenvalue weighted by Gasteiger charge is -2.53. The summed E-state index contributed by atoms with van der Waals surface area (Å²) in [4.78, 5) is 23.7. The Morgan fingerprint density at radius 1 is 1.27 bits per heavy atom. The van der Waals surface area contributed by atoms with Gasteiger partial charge in [0.05, 0.1) is 12.5 Å². The van der Waals surface area contributed by atoms with Crippen LogP contribution in [-0.2, 0) is 14.3 Å². The van der Waals surface area contributed by atoms with Crippen LogP contribution in [0.4, 0.5) is 0 Å². The zero-order valence-electron chi connectivity index (χ0n) is 8.99. The molecule has 15 heavy (non-hydrogen) atoms. The van der Waals surface area contributed by atoms with E-state index in [0.29, 0.717) is 11.7 Å². The van der Waals surface area contributed by atoms with Crippen molar-refractivity contribution in [1.29, 1.82) is 0 Å². The van der Waals surface area contributed by atoms with Crippen molar-refractivity contribution in [3.05, 3.63) is 0 Å². The third-order valence-electron chi connectivity index (χ3n) is 4.61. The summed E-state index contributed by atoms with van der Waals surface area (Å²) in [6, 6.07) is 0. The van der Waals surface area contributed by atoms with E-state index in [9.17, 15) is 9.59 Å². The fourth-order valence-corrected chi connectivity index (χ4v) is 4.21. The van der Waals surface area contributed by atoms with Gasteiger partial charge in [-0.15, -0.1) is 0 Å². The minimum absolute atomic E-state index is 0.0746. The summed E-state index contributed by atoms with van der Waals surface area (Å²) >= 11 is 0. The van der Waals surface area contributed by atoms with Crippen molar-refractivity contribution in [2.45, 2.75) is 32.1 Å². The summed E-state index contributed by atoms with van der Waals surface area (Å²) in [5.41, 5.74) is -0.293. The maximum absolute atomic E-state index is 11.9. The first kappa shape index (κ1) is 9.37. The molecule has 0 spiro atoms. The van der Waals surface area contributed by atoms with Crippen molar-refractivity contribution < 1.29 is 14.3 Å². The van der Waals surface area contributed by atoms with Gasteiger partial charge < -0.3 is 4.74 Å². The monoisotopic (exact) mass is 208 g/mol. The average molecular weight is 208 g/mol. The van der Waals surface area contributed by atoms with E-state index >= 15 is 0 Å². The van der Waals surface area contributed by atoms with Gasteiger partial charge in [-0.3, -0.25) is 9.59 Å². The standard InChI is InChI=1S/C12H16O3/c1-15-11(14)12-4-7-2-8(5-12)10(13)9(3-7)6-12/h7-9H,2-6H2,1H3/t7-,8-,9+,12-. The molecule has 3 nitrogen and oxygen atoms in total. The van der Waals surface area contributed by atoms with Gasteiger partial charge >= 0.3 is 5.97 Å². The Bertz CT molecular complexity index is 316. The molecule has 0 N–H and O–H groups in total. The summed E-state index contributed by atoms with van der Waals surface area (Å²) in [6.07, 6.45) is 4.51. The number of hydrogen-bond donors (Lipinski definition) is 0. The van der Waals surface area contributed by atoms with Crippen molar-refractivity contribution in [2.24, 2.45) is 23.2 Å². The predicted octanol–water partition coefficient (Wildman–Crippen LogP) is 1.55. The fraction of sp³-hybridized carbons (Fsp3) is 0.833. The Balaban J connectivity index is 1.95. The zero-order chi connectivity index (χ0) is 10.6. The zero-order valence-corrected chi connectivity index (χ0v) is 8.99. The molecule has 4 fully saturated rings. The molecular weight excluding hydrogens is 192 g/mol. The quantitative estimate of drug-likeness (QED) is 0.614. The number of hydrogen-bond acceptors (Lipinski definition) is 3. The molecule has 3 heteroatoms. The van der Waals surface area contributed by atoms with Crippen LogP contribution in [0.5, 0.6) is 0 Å². The molecule has 0 aromatic heterocycles. The van der Waals surface area contributed by atoms with Crippen molar-refractivity contribution in [3.63, 3.8) is 0 Å². The lowest BCUT2D eigenvalue weighted by molar-refractivity contribution is -0.172. The Morgan fingerprint density at radius 2 is 1.87 bits per heavy atom. The van der Waals surface area contributed by atoms with Gasteiger partial charge in [0, 0.05) is 11.8 Å². The third kappa shape index (κ3) is 1.12. The normalized spacial score (nSPS) is 47.0. The SMILES string of the molecule is COC(=O)[C@]12C[C@@H]3C[C@H](C1)C(=O)[C@@H](C3)C2. The van der Waals surface area contributed by atoms with Gasteiger partial charge in [0.15, 0.2) is 0 Å². The van der Waals surface area contributed by atoms with Gasteiger partial charge in [-0.2, -0.15) is 0 Å². The van der Waals surface area contributed by atoms with E-state index in [0.717, 1.165) is 32.1 Å². The molecule has 4 rings (SSSR count). The van der Waals surface area contributed by atoms with Crippen molar-refractivity contribution in [1.82, 2.24) is 0 Å². The van der Waals surface area contributed by atoms with E-state index in [2.05, 4.69) is 0 Å². The first-order chi connectivity index (χ1) is 7.14. The van der Waals surface area contributed by atoms with Gasteiger partial charge in [-0.05, 0) is 38.0 Å². The summed E-state index contributed by atoms with van der Waals surface area (Å²) in [5.74, 6) is 1.27. The second-order valence-corrected chi connectivity index (χ2v) is 5.52. The highest BCUT2D eigenvalue weighted by Gasteiger charge is 2.58. The molecule has 4 atom stereocenters. The largest absolute Gasteiger partial charge is 0.469 e. The molecule has 4 aliphatic rings. The minimum Gasteiger partial charge on any atom is -0.469 e. The molecule has 0 amide bonds. The first-order valence-electron chi connectivity index (χ1n) is 5.77. The molecule has 82 valence electrons. The Labute approximate surface area is 89.2 Å². The molecule has 0 heterocycles. The summed E-state index contributed by atoms with van der Waals surface area (Å²) in [7, 11) is 1.46. The van der Waals surface area contributed by atoms with Crippen LogP contribution < -0.4 is 0 Å². The van der Waals surface area contributed by atoms with Crippen LogP contribution in [-0.4, -0.2) is 18.9 Å². The number of ketones is 1. The van der Waals surface area contributed by atoms with E-state index < -0.39 is 0 Å². The third-order valence-corrected chi connectivity index (χ3v) is 4.61. The number of Topliss-reactive ketones (excluding diaryl/α,β-unsaturated/α-hetero) is 1. The van der Waals surface area contributed by atoms with Gasteiger partial charge in [0.25, 0.3) is 0 Å². The fourth-order valence-electron chi connectivity index (χ4n) is 4.21. The molecule has 0 saturated heterocycles. The molecule has 4 aliphatic carbocycles. The molecular formula is C12H16O3. The highest BCUT2D eigenvalue weighted by atomic mass is 16.5. The molecule has 0 aromatic carbocycles. The van der Waals surface area contributed by atoms with E-state index in [1.807, 2.05) is 0 Å². The van der Waals surface area contributed by atoms with Crippen LogP contribution >= 0.6 is 0 Å². The lowest BCUT2D eigenvalue weighted by atomic mass is 9.49. The number of ether oxygens (including phenoxy) is 1. The average Bonchev–Trinajstić information content (AvgIpc) is 2.23. The van der Waals surface area contributed by atoms with Crippen LogP contribution in [0.1, 0.15) is 32.1 Å². The molecule has 4 saturated carbocycles. The number of methoxy groups -OCH3 is 1. The highest BCUT2D eigenvalue weighted by Crippen LogP contribution is 2.58. The maximum atomic E-state index is 11.9. The van der Waals surface area contributed by atoms with E-state index in [-0.39, 0.29) is 23.2 Å². The van der Waals surface area contributed by atoms with Crippen LogP contribution in [0, 0.1) is 23.2 Å². The van der Waals surface area contributed by atoms with Gasteiger partial charge in [-0.1, -0.05) is 0 Å². The van der Waals surface area contributed by atoms with E-state index in [1.165, 1.54) is 7.11 Å². The molecule has 0 aliphatic heterocycles. The summed E-state index contributed by atoms with van der Waals surface area (Å²) in [6.45, 7) is 0. The Hall–Kier alpha value is -0.860. The topological polar surface area (TPSA) is 43.4 Å². The first-order valence-corrected chi connectivity index (χ1v) is 5.77. The van der Waals surface area contributed by atoms with Crippen molar-refractivity contribution >= 4 is 11.8 Å². The molecule has 0 radical (unpaired) electrons. The van der Waals surface area contributed by atoms with Crippen molar-refractivity contribution in [3.8, 4) is 0 Å². The molecule has 4 bridgehead atoms. The van der Waals surface area contributed by atoms with Crippen LogP contribution in [0.15, 0.2) is 0 Å². The second kappa shape index (κ2) is 2.83. The lowest BCUT2D eigenvalue weighted by Crippen LogP contribution is -2.54. The van der Waals surface area contributed by atoms with Gasteiger partial charge in [0.2, 0.25) is 0 Å². The molecule has 0 aromatic rings. The van der Waals surface area contributed by atoms with E-state index in [4.69, 9.17) is 4.74 Å². The number of carbonyl (C=O) groups is 2. The minimum atomic E-state index is -0.293. The van der Waals surface area contributed by atoms with Crippen LogP contribution in [0.3, 0.4) is 0 Å². The van der Waals surface area contributed by atoms with Crippen molar-refractivity contribution in [2.75, 3.05) is 7.11 Å². The van der Waals surface area contributed by atoms with Gasteiger partial charge in [0.1, 0.15) is 5.78 Å². The van der Waals surface area contributed by atoms with E-state index in [1.54, 1.807) is 0 Å². The maximum Gasteiger partial charge on any atom is 0.311 e. The molecule has 0 unspecified atom stereocenters.